The number of amides is 8. The molecule has 308 valence electrons. The van der Waals surface area contributed by atoms with Crippen LogP contribution in [0.2, 0.25) is 0 Å². The van der Waals surface area contributed by atoms with Gasteiger partial charge in [0.1, 0.15) is 42.3 Å². The molecule has 1 aromatic carbocycles. The molecule has 8 amide bonds. The van der Waals surface area contributed by atoms with Gasteiger partial charge in [-0.05, 0) is 55.4 Å². The second kappa shape index (κ2) is 19.7. The Kier molecular flexibility index (Phi) is 15.4. The SMILES string of the molecule is CCC(C)C1NC(=O)C(Cc2ccccc2)NC(=O)C2CCCN2C(=O)C(CC(N)=O)NC(=O)C(C(C)C)NC(=O)C2CCCN2C(=O)C(CC(C)C)NC1=O. The minimum absolute atomic E-state index is 0.0315. The molecule has 8 atom stereocenters. The third-order valence-electron chi connectivity index (χ3n) is 11.0. The van der Waals surface area contributed by atoms with Crippen LogP contribution in [0.5, 0.6) is 0 Å². The van der Waals surface area contributed by atoms with Gasteiger partial charge in [-0.25, -0.2) is 0 Å². The van der Waals surface area contributed by atoms with Gasteiger partial charge in [-0.15, -0.1) is 0 Å². The highest BCUT2D eigenvalue weighted by molar-refractivity contribution is 6.00. The number of fused-ring (bicyclic) bond motifs is 2. The molecule has 3 aliphatic rings. The maximum atomic E-state index is 14.3. The molecule has 3 heterocycles. The second-order valence-electron chi connectivity index (χ2n) is 16.2. The lowest BCUT2D eigenvalue weighted by molar-refractivity contribution is -0.144. The zero-order chi connectivity index (χ0) is 41.3. The molecule has 8 unspecified atom stereocenters. The zero-order valence-corrected chi connectivity index (χ0v) is 33.5. The van der Waals surface area contributed by atoms with Gasteiger partial charge in [0.05, 0.1) is 6.42 Å². The van der Waals surface area contributed by atoms with E-state index in [1.807, 2.05) is 33.8 Å². The summed E-state index contributed by atoms with van der Waals surface area (Å²) < 4.78 is 0. The van der Waals surface area contributed by atoms with Crippen molar-refractivity contribution in [3.05, 3.63) is 35.9 Å². The predicted octanol–water partition coefficient (Wildman–Crippen LogP) is 0.272. The molecular formula is C40H60N8O8. The molecule has 1 aromatic rings. The summed E-state index contributed by atoms with van der Waals surface area (Å²) in [5.74, 6) is -6.07. The van der Waals surface area contributed by atoms with Crippen LogP contribution in [-0.4, -0.2) is 112 Å². The average molecular weight is 781 g/mol. The molecule has 3 fully saturated rings. The lowest BCUT2D eigenvalue weighted by atomic mass is 9.95. The number of benzene rings is 1. The smallest absolute Gasteiger partial charge is 0.246 e. The maximum Gasteiger partial charge on any atom is 0.246 e. The van der Waals surface area contributed by atoms with Crippen LogP contribution in [0.25, 0.3) is 0 Å². The summed E-state index contributed by atoms with van der Waals surface area (Å²) in [5, 5.41) is 14.0. The van der Waals surface area contributed by atoms with Gasteiger partial charge in [0.15, 0.2) is 0 Å². The monoisotopic (exact) mass is 780 g/mol. The lowest BCUT2D eigenvalue weighted by Gasteiger charge is -2.32. The standard InChI is InChI=1S/C40H60N8O8/c1-7-24(6)33-38(54)43-27(19-22(2)3)39(55)48-18-12-16-30(48)36(52)45-32(23(4)5)37(53)44-28(21-31(41)49)40(56)47-17-11-15-29(47)35(51)42-26(34(50)46-33)20-25-13-9-8-10-14-25/h8-10,13-14,22-24,26-30,32-33H,7,11-12,15-21H2,1-6H3,(H2,41,49)(H,42,51)(H,43,54)(H,44,53)(H,45,52)(H,46,50). The maximum absolute atomic E-state index is 14.3. The van der Waals surface area contributed by atoms with Gasteiger partial charge in [-0.2, -0.15) is 0 Å². The molecule has 4 rings (SSSR count). The average Bonchev–Trinajstić information content (AvgIpc) is 3.85. The van der Waals surface area contributed by atoms with Gasteiger partial charge >= 0.3 is 0 Å². The van der Waals surface area contributed by atoms with E-state index in [2.05, 4.69) is 26.6 Å². The molecule has 0 spiro atoms. The highest BCUT2D eigenvalue weighted by atomic mass is 16.2. The highest BCUT2D eigenvalue weighted by Crippen LogP contribution is 2.23. The van der Waals surface area contributed by atoms with E-state index in [9.17, 15) is 38.4 Å². The fraction of sp³-hybridized carbons (Fsp3) is 0.650. The van der Waals surface area contributed by atoms with E-state index in [-0.39, 0.29) is 44.2 Å². The van der Waals surface area contributed by atoms with Crippen molar-refractivity contribution in [1.29, 1.82) is 0 Å². The number of nitrogens with two attached hydrogens (primary N) is 1. The lowest BCUT2D eigenvalue weighted by Crippen LogP contribution is -2.61. The molecule has 0 aliphatic carbocycles. The molecule has 3 aliphatic heterocycles. The summed E-state index contributed by atoms with van der Waals surface area (Å²) in [4.78, 5) is 113. The molecule has 7 N–H and O–H groups in total. The Morgan fingerprint density at radius 3 is 1.71 bits per heavy atom. The van der Waals surface area contributed by atoms with Crippen molar-refractivity contribution in [2.24, 2.45) is 23.5 Å². The quantitative estimate of drug-likeness (QED) is 0.203. The summed E-state index contributed by atoms with van der Waals surface area (Å²) >= 11 is 0. The minimum atomic E-state index is -1.45. The summed E-state index contributed by atoms with van der Waals surface area (Å²) in [6, 6.07) is 1.17. The Morgan fingerprint density at radius 1 is 0.679 bits per heavy atom. The second-order valence-corrected chi connectivity index (χ2v) is 16.2. The van der Waals surface area contributed by atoms with Crippen molar-refractivity contribution in [2.45, 2.75) is 135 Å². The van der Waals surface area contributed by atoms with E-state index in [1.165, 1.54) is 9.80 Å². The largest absolute Gasteiger partial charge is 0.370 e. The highest BCUT2D eigenvalue weighted by Gasteiger charge is 2.43. The molecule has 16 heteroatoms. The first-order chi connectivity index (χ1) is 26.5. The van der Waals surface area contributed by atoms with E-state index in [0.29, 0.717) is 25.7 Å². The normalized spacial score (nSPS) is 28.1. The first kappa shape index (κ1) is 43.7. The molecule has 0 radical (unpaired) electrons. The van der Waals surface area contributed by atoms with Gasteiger partial charge in [-0.1, -0.05) is 78.3 Å². The van der Waals surface area contributed by atoms with Gasteiger partial charge in [-0.3, -0.25) is 38.4 Å². The van der Waals surface area contributed by atoms with Crippen LogP contribution < -0.4 is 32.3 Å². The Bertz CT molecular complexity index is 1620. The number of carbonyl (C=O) groups is 8. The first-order valence-electron chi connectivity index (χ1n) is 20.0. The van der Waals surface area contributed by atoms with Gasteiger partial charge in [0, 0.05) is 19.5 Å². The van der Waals surface area contributed by atoms with E-state index in [1.54, 1.807) is 38.1 Å². The number of primary amides is 1. The number of carbonyl (C=O) groups excluding carboxylic acids is 8. The van der Waals surface area contributed by atoms with Crippen molar-refractivity contribution in [3.63, 3.8) is 0 Å². The van der Waals surface area contributed by atoms with Crippen LogP contribution in [0.1, 0.15) is 92.1 Å². The molecule has 0 aromatic heterocycles. The summed E-state index contributed by atoms with van der Waals surface area (Å²) in [6.45, 7) is 11.3. The zero-order valence-electron chi connectivity index (χ0n) is 33.5. The van der Waals surface area contributed by atoms with Crippen molar-refractivity contribution in [3.8, 4) is 0 Å². The third-order valence-corrected chi connectivity index (χ3v) is 11.0. The summed E-state index contributed by atoms with van der Waals surface area (Å²) in [7, 11) is 0. The number of hydrogen-bond donors (Lipinski definition) is 6. The molecular weight excluding hydrogens is 720 g/mol. The number of hydrogen-bond acceptors (Lipinski definition) is 8. The van der Waals surface area contributed by atoms with Crippen molar-refractivity contribution in [1.82, 2.24) is 36.4 Å². The fourth-order valence-electron chi connectivity index (χ4n) is 7.69. The molecule has 0 saturated carbocycles. The Hall–Kier alpha value is -5.02. The van der Waals surface area contributed by atoms with E-state index in [0.717, 1.165) is 5.56 Å². The third kappa shape index (κ3) is 11.1. The Morgan fingerprint density at radius 2 is 1.18 bits per heavy atom. The Labute approximate surface area is 329 Å². The number of nitrogens with one attached hydrogen (secondary N) is 5. The number of nitrogens with zero attached hydrogens (tertiary/aromatic N) is 2. The topological polar surface area (TPSA) is 229 Å². The van der Waals surface area contributed by atoms with E-state index >= 15 is 0 Å². The Balaban J connectivity index is 1.79. The predicted molar refractivity (Wildman–Crippen MR) is 207 cm³/mol. The van der Waals surface area contributed by atoms with Crippen LogP contribution in [0.3, 0.4) is 0 Å². The van der Waals surface area contributed by atoms with Gasteiger partial charge in [0.25, 0.3) is 0 Å². The fourth-order valence-corrected chi connectivity index (χ4v) is 7.69. The molecule has 56 heavy (non-hydrogen) atoms. The van der Waals surface area contributed by atoms with Crippen molar-refractivity contribution >= 4 is 47.3 Å². The van der Waals surface area contributed by atoms with Crippen molar-refractivity contribution < 1.29 is 38.4 Å². The minimum Gasteiger partial charge on any atom is -0.370 e. The van der Waals surface area contributed by atoms with Crippen LogP contribution in [-0.2, 0) is 44.8 Å². The van der Waals surface area contributed by atoms with E-state index in [4.69, 9.17) is 5.73 Å². The van der Waals surface area contributed by atoms with Crippen LogP contribution >= 0.6 is 0 Å². The van der Waals surface area contributed by atoms with Crippen molar-refractivity contribution in [2.75, 3.05) is 13.1 Å². The molecule has 0 bridgehead atoms. The van der Waals surface area contributed by atoms with Gasteiger partial charge < -0.3 is 42.1 Å². The first-order valence-corrected chi connectivity index (χ1v) is 20.0. The summed E-state index contributed by atoms with van der Waals surface area (Å²) in [5.41, 5.74) is 6.27. The summed E-state index contributed by atoms with van der Waals surface area (Å²) in [6.07, 6.45) is 1.78. The number of rotatable bonds is 9. The van der Waals surface area contributed by atoms with Gasteiger partial charge in [0.2, 0.25) is 47.3 Å². The van der Waals surface area contributed by atoms with Crippen LogP contribution in [0.15, 0.2) is 30.3 Å². The molecule has 3 saturated heterocycles. The molecule has 16 nitrogen and oxygen atoms in total. The van der Waals surface area contributed by atoms with Crippen LogP contribution in [0.4, 0.5) is 0 Å². The van der Waals surface area contributed by atoms with Crippen LogP contribution in [0, 0.1) is 17.8 Å². The van der Waals surface area contributed by atoms with E-state index < -0.39 is 102 Å².